The van der Waals surface area contributed by atoms with Gasteiger partial charge in [-0.25, -0.2) is 4.98 Å². The van der Waals surface area contributed by atoms with Gasteiger partial charge in [0.2, 0.25) is 0 Å². The maximum atomic E-state index is 9.37. The summed E-state index contributed by atoms with van der Waals surface area (Å²) in [5.41, 5.74) is 5.08. The molecule has 3 saturated heterocycles. The van der Waals surface area contributed by atoms with E-state index in [0.717, 1.165) is 29.9 Å². The lowest BCUT2D eigenvalue weighted by atomic mass is 9.78. The number of benzene rings is 1. The Morgan fingerprint density at radius 3 is 2.93 bits per heavy atom. The quantitative estimate of drug-likeness (QED) is 0.838. The first kappa shape index (κ1) is 19.3. The van der Waals surface area contributed by atoms with Gasteiger partial charge >= 0.3 is 0 Å². The van der Waals surface area contributed by atoms with Gasteiger partial charge in [-0.1, -0.05) is 0 Å². The van der Waals surface area contributed by atoms with E-state index in [1.54, 1.807) is 11.3 Å². The third-order valence-corrected chi connectivity index (χ3v) is 7.81. The molecule has 0 radical (unpaired) electrons. The number of rotatable bonds is 3. The molecule has 1 aromatic carbocycles. The van der Waals surface area contributed by atoms with Crippen LogP contribution < -0.4 is 10.2 Å². The van der Waals surface area contributed by atoms with Crippen LogP contribution in [0.4, 0.5) is 5.69 Å². The monoisotopic (exact) mass is 411 g/mol. The predicted octanol–water partition coefficient (Wildman–Crippen LogP) is 2.84. The average molecular weight is 412 g/mol. The number of anilines is 1. The number of aromatic nitrogens is 1. The van der Waals surface area contributed by atoms with Crippen molar-refractivity contribution in [2.45, 2.75) is 38.4 Å². The van der Waals surface area contributed by atoms with E-state index in [4.69, 9.17) is 4.74 Å². The summed E-state index contributed by atoms with van der Waals surface area (Å²) in [6, 6.07) is 6.27. The van der Waals surface area contributed by atoms with E-state index in [2.05, 4.69) is 39.2 Å². The maximum absolute atomic E-state index is 9.37. The fourth-order valence-corrected chi connectivity index (χ4v) is 6.19. The molecular formula is C22H29N5OS. The van der Waals surface area contributed by atoms with Gasteiger partial charge in [-0.2, -0.15) is 5.26 Å². The van der Waals surface area contributed by atoms with Crippen LogP contribution in [-0.2, 0) is 4.74 Å². The molecular weight excluding hydrogens is 382 g/mol. The summed E-state index contributed by atoms with van der Waals surface area (Å²) in [5.74, 6) is 0. The van der Waals surface area contributed by atoms with E-state index in [1.807, 2.05) is 11.6 Å². The summed E-state index contributed by atoms with van der Waals surface area (Å²) < 4.78 is 7.45. The number of nitrogens with one attached hydrogen (secondary N) is 1. The van der Waals surface area contributed by atoms with Gasteiger partial charge in [0.25, 0.3) is 0 Å². The topological polar surface area (TPSA) is 64.4 Å². The van der Waals surface area contributed by atoms with Crippen molar-refractivity contribution in [1.82, 2.24) is 15.2 Å². The summed E-state index contributed by atoms with van der Waals surface area (Å²) in [4.78, 5) is 9.48. The summed E-state index contributed by atoms with van der Waals surface area (Å²) >= 11 is 1.62. The van der Waals surface area contributed by atoms with Crippen LogP contribution in [-0.4, -0.2) is 67.9 Å². The van der Waals surface area contributed by atoms with Crippen molar-refractivity contribution in [2.24, 2.45) is 5.41 Å². The van der Waals surface area contributed by atoms with E-state index in [0.29, 0.717) is 11.0 Å². The van der Waals surface area contributed by atoms with Crippen molar-refractivity contribution >= 4 is 27.2 Å². The third-order valence-electron chi connectivity index (χ3n) is 6.96. The molecule has 7 heteroatoms. The summed E-state index contributed by atoms with van der Waals surface area (Å²) in [6.07, 6.45) is 4.37. The van der Waals surface area contributed by atoms with E-state index in [-0.39, 0.29) is 12.2 Å². The third kappa shape index (κ3) is 3.75. The summed E-state index contributed by atoms with van der Waals surface area (Å²) in [5, 5.41) is 12.9. The summed E-state index contributed by atoms with van der Waals surface area (Å²) in [7, 11) is 0. The fourth-order valence-electron chi connectivity index (χ4n) is 5.34. The number of hydrogen-bond acceptors (Lipinski definition) is 7. The van der Waals surface area contributed by atoms with Crippen molar-refractivity contribution in [2.75, 3.05) is 50.7 Å². The Hall–Kier alpha value is -1.72. The van der Waals surface area contributed by atoms with Crippen LogP contribution in [0, 0.1) is 16.7 Å². The van der Waals surface area contributed by atoms with E-state index >= 15 is 0 Å². The van der Waals surface area contributed by atoms with Crippen LogP contribution >= 0.6 is 11.3 Å². The van der Waals surface area contributed by atoms with Gasteiger partial charge < -0.3 is 19.9 Å². The number of morpholine rings is 1. The number of ether oxygens (including phenoxy) is 1. The zero-order valence-electron chi connectivity index (χ0n) is 17.1. The van der Waals surface area contributed by atoms with Gasteiger partial charge in [0.15, 0.2) is 0 Å². The van der Waals surface area contributed by atoms with Gasteiger partial charge in [0, 0.05) is 26.2 Å². The normalized spacial score (nSPS) is 27.5. The van der Waals surface area contributed by atoms with Gasteiger partial charge in [0.1, 0.15) is 11.6 Å². The van der Waals surface area contributed by atoms with Crippen LogP contribution in [0.25, 0.3) is 10.2 Å². The van der Waals surface area contributed by atoms with Crippen molar-refractivity contribution in [3.63, 3.8) is 0 Å². The van der Waals surface area contributed by atoms with Crippen LogP contribution in [0.15, 0.2) is 17.6 Å². The van der Waals surface area contributed by atoms with Crippen molar-refractivity contribution in [3.05, 3.63) is 23.2 Å². The predicted molar refractivity (Wildman–Crippen MR) is 116 cm³/mol. The average Bonchev–Trinajstić information content (AvgIpc) is 3.39. The molecule has 6 nitrogen and oxygen atoms in total. The molecule has 0 saturated carbocycles. The first-order chi connectivity index (χ1) is 14.2. The number of likely N-dealkylation sites (tertiary alicyclic amines) is 1. The second-order valence-corrected chi connectivity index (χ2v) is 9.83. The number of nitriles is 1. The van der Waals surface area contributed by atoms with E-state index < -0.39 is 0 Å². The molecule has 3 aliphatic rings. The molecule has 0 bridgehead atoms. The highest BCUT2D eigenvalue weighted by Gasteiger charge is 2.38. The number of piperidine rings is 1. The molecule has 5 rings (SSSR count). The highest BCUT2D eigenvalue weighted by atomic mass is 32.1. The Bertz CT molecular complexity index is 906. The molecule has 0 aliphatic carbocycles. The Morgan fingerprint density at radius 1 is 1.31 bits per heavy atom. The largest absolute Gasteiger partial charge is 0.370 e. The number of nitrogens with zero attached hydrogens (tertiary/aromatic N) is 4. The lowest BCUT2D eigenvalue weighted by molar-refractivity contribution is -0.0393. The molecule has 2 atom stereocenters. The smallest absolute Gasteiger partial charge is 0.101 e. The zero-order valence-corrected chi connectivity index (χ0v) is 17.9. The molecule has 0 amide bonds. The molecule has 4 heterocycles. The molecule has 154 valence electrons. The van der Waals surface area contributed by atoms with E-state index in [9.17, 15) is 5.26 Å². The second kappa shape index (κ2) is 7.84. The Labute approximate surface area is 176 Å². The van der Waals surface area contributed by atoms with Gasteiger partial charge in [-0.3, -0.25) is 0 Å². The molecule has 2 aromatic rings. The number of thiazole rings is 1. The van der Waals surface area contributed by atoms with Crippen LogP contribution in [0.3, 0.4) is 0 Å². The van der Waals surface area contributed by atoms with Crippen molar-refractivity contribution in [3.8, 4) is 6.07 Å². The minimum Gasteiger partial charge on any atom is -0.370 e. The summed E-state index contributed by atoms with van der Waals surface area (Å²) in [6.45, 7) is 9.72. The lowest BCUT2D eigenvalue weighted by Gasteiger charge is -2.43. The van der Waals surface area contributed by atoms with Crippen LogP contribution in [0.5, 0.6) is 0 Å². The zero-order chi connectivity index (χ0) is 19.8. The molecule has 3 fully saturated rings. The number of fused-ring (bicyclic) bond motifs is 1. The first-order valence-electron chi connectivity index (χ1n) is 10.8. The number of hydrogen-bond donors (Lipinski definition) is 1. The van der Waals surface area contributed by atoms with Gasteiger partial charge in [-0.05, 0) is 63.4 Å². The standard InChI is InChI=1S/C22H29N5OS/c1-16-11-27(19-3-2-17(10-23)20-21(19)29-15-25-20)13-18(28-16)12-26-8-5-22(6-9-26)4-7-24-14-22/h2-3,15-16,18,24H,4-9,11-14H2,1H3/t16-,18+/m1/s1. The molecule has 1 N–H and O–H groups in total. The van der Waals surface area contributed by atoms with Gasteiger partial charge in [-0.15, -0.1) is 11.3 Å². The highest BCUT2D eigenvalue weighted by Crippen LogP contribution is 2.37. The Morgan fingerprint density at radius 2 is 2.17 bits per heavy atom. The van der Waals surface area contributed by atoms with Gasteiger partial charge in [0.05, 0.1) is 33.7 Å². The minimum atomic E-state index is 0.197. The highest BCUT2D eigenvalue weighted by molar-refractivity contribution is 7.17. The SMILES string of the molecule is C[C@@H]1CN(c2ccc(C#N)c3ncsc23)C[C@H](CN2CCC3(CCNC3)CC2)O1. The van der Waals surface area contributed by atoms with Crippen LogP contribution in [0.1, 0.15) is 31.7 Å². The molecule has 0 unspecified atom stereocenters. The first-order valence-corrected chi connectivity index (χ1v) is 11.6. The maximum Gasteiger partial charge on any atom is 0.101 e. The molecule has 29 heavy (non-hydrogen) atoms. The van der Waals surface area contributed by atoms with Crippen molar-refractivity contribution in [1.29, 1.82) is 5.26 Å². The molecule has 1 aromatic heterocycles. The molecule has 3 aliphatic heterocycles. The molecule has 1 spiro atoms. The minimum absolute atomic E-state index is 0.197. The Kier molecular flexibility index (Phi) is 5.21. The van der Waals surface area contributed by atoms with Crippen molar-refractivity contribution < 1.29 is 4.74 Å². The Balaban J connectivity index is 1.28. The fraction of sp³-hybridized carbons (Fsp3) is 0.636. The second-order valence-electron chi connectivity index (χ2n) is 8.98. The van der Waals surface area contributed by atoms with E-state index in [1.165, 1.54) is 51.1 Å². The lowest BCUT2D eigenvalue weighted by Crippen LogP contribution is -2.52. The van der Waals surface area contributed by atoms with Crippen LogP contribution in [0.2, 0.25) is 0 Å².